The van der Waals surface area contributed by atoms with Crippen LogP contribution in [-0.4, -0.2) is 68.0 Å². The van der Waals surface area contributed by atoms with Crippen LogP contribution in [0.1, 0.15) is 23.6 Å². The summed E-state index contributed by atoms with van der Waals surface area (Å²) in [5.74, 6) is -2.33. The van der Waals surface area contributed by atoms with Crippen molar-refractivity contribution < 1.29 is 28.7 Å². The average molecular weight is 504 g/mol. The van der Waals surface area contributed by atoms with Crippen molar-refractivity contribution in [2.24, 2.45) is 0 Å². The molecule has 11 nitrogen and oxygen atoms in total. The Morgan fingerprint density at radius 3 is 2.54 bits per heavy atom. The number of morpholine rings is 1. The molecular weight excluding hydrogens is 478 g/mol. The summed E-state index contributed by atoms with van der Waals surface area (Å²) in [6.45, 7) is 1.36. The molecule has 0 aliphatic carbocycles. The number of nitriles is 2. The van der Waals surface area contributed by atoms with Crippen LogP contribution in [-0.2, 0) is 35.1 Å². The van der Waals surface area contributed by atoms with Crippen LogP contribution < -0.4 is 10.2 Å². The van der Waals surface area contributed by atoms with E-state index >= 15 is 0 Å². The van der Waals surface area contributed by atoms with Crippen LogP contribution in [0.25, 0.3) is 0 Å². The van der Waals surface area contributed by atoms with Crippen molar-refractivity contribution in [3.8, 4) is 12.1 Å². The molecule has 2 aromatic rings. The molecule has 11 heteroatoms. The minimum Gasteiger partial charge on any atom is -0.449 e. The lowest BCUT2D eigenvalue weighted by atomic mass is 10.1. The number of benzene rings is 2. The van der Waals surface area contributed by atoms with Crippen LogP contribution >= 0.6 is 0 Å². The van der Waals surface area contributed by atoms with Gasteiger partial charge in [-0.25, -0.2) is 0 Å². The summed E-state index contributed by atoms with van der Waals surface area (Å²) in [7, 11) is 3.31. The highest BCUT2D eigenvalue weighted by molar-refractivity contribution is 6.04. The Kier molecular flexibility index (Phi) is 8.56. The first-order chi connectivity index (χ1) is 17.6. The van der Waals surface area contributed by atoms with E-state index in [1.165, 1.54) is 28.0 Å². The highest BCUT2D eigenvalue weighted by atomic mass is 16.6. The summed E-state index contributed by atoms with van der Waals surface area (Å²) in [6, 6.07) is 14.7. The first kappa shape index (κ1) is 26.9. The smallest absolute Gasteiger partial charge is 0.303 e. The van der Waals surface area contributed by atoms with Crippen molar-refractivity contribution in [3.63, 3.8) is 0 Å². The normalized spacial score (nSPS) is 15.6. The van der Waals surface area contributed by atoms with Gasteiger partial charge in [-0.2, -0.15) is 10.5 Å². The quantitative estimate of drug-likeness (QED) is 0.556. The molecule has 0 unspecified atom stereocenters. The van der Waals surface area contributed by atoms with E-state index in [9.17, 15) is 24.4 Å². The van der Waals surface area contributed by atoms with Crippen molar-refractivity contribution in [1.82, 2.24) is 4.90 Å². The van der Waals surface area contributed by atoms with Gasteiger partial charge in [0.25, 0.3) is 11.8 Å². The Labute approximate surface area is 213 Å². The Bertz CT molecular complexity index is 1310. The van der Waals surface area contributed by atoms with Gasteiger partial charge in [0.2, 0.25) is 12.0 Å². The van der Waals surface area contributed by atoms with Crippen LogP contribution in [0.5, 0.6) is 0 Å². The highest BCUT2D eigenvalue weighted by Crippen LogP contribution is 2.24. The third-order valence-electron chi connectivity index (χ3n) is 5.55. The predicted octanol–water partition coefficient (Wildman–Crippen LogP) is 1.36. The van der Waals surface area contributed by atoms with E-state index in [0.29, 0.717) is 11.3 Å². The zero-order valence-corrected chi connectivity index (χ0v) is 20.6. The molecule has 0 radical (unpaired) electrons. The van der Waals surface area contributed by atoms with Gasteiger partial charge >= 0.3 is 5.97 Å². The lowest BCUT2D eigenvalue weighted by Gasteiger charge is -2.35. The first-order valence-corrected chi connectivity index (χ1v) is 11.3. The molecule has 3 amide bonds. The lowest BCUT2D eigenvalue weighted by molar-refractivity contribution is -0.167. The van der Waals surface area contributed by atoms with Gasteiger partial charge < -0.3 is 24.6 Å². The molecule has 2 atom stereocenters. The fraction of sp³-hybridized carbons (Fsp3) is 0.308. The van der Waals surface area contributed by atoms with Gasteiger partial charge in [-0.05, 0) is 35.9 Å². The summed E-state index contributed by atoms with van der Waals surface area (Å²) in [5.41, 5.74) is 1.57. The van der Waals surface area contributed by atoms with Crippen LogP contribution in [0.3, 0.4) is 0 Å². The summed E-state index contributed by atoms with van der Waals surface area (Å²) < 4.78 is 10.8. The van der Waals surface area contributed by atoms with Gasteiger partial charge in [-0.15, -0.1) is 0 Å². The van der Waals surface area contributed by atoms with Crippen molar-refractivity contribution in [2.45, 2.75) is 25.6 Å². The molecule has 0 aromatic heterocycles. The zero-order valence-electron chi connectivity index (χ0n) is 20.6. The molecule has 1 saturated heterocycles. The van der Waals surface area contributed by atoms with Gasteiger partial charge in [0.15, 0.2) is 6.10 Å². The number of amides is 3. The molecule has 0 spiro atoms. The molecule has 0 saturated carbocycles. The molecule has 1 fully saturated rings. The monoisotopic (exact) mass is 503 g/mol. The second kappa shape index (κ2) is 11.8. The zero-order chi connectivity index (χ0) is 27.1. The van der Waals surface area contributed by atoms with Gasteiger partial charge in [-0.3, -0.25) is 19.2 Å². The number of anilines is 2. The Hall–Kier alpha value is -4.74. The van der Waals surface area contributed by atoms with Crippen LogP contribution in [0.2, 0.25) is 0 Å². The number of rotatable bonds is 7. The number of likely N-dealkylation sites (N-methyl/N-ethyl adjacent to an activating group) is 1. The van der Waals surface area contributed by atoms with Crippen molar-refractivity contribution in [3.05, 3.63) is 59.2 Å². The fourth-order valence-electron chi connectivity index (χ4n) is 3.70. The lowest BCUT2D eigenvalue weighted by Crippen LogP contribution is -2.56. The van der Waals surface area contributed by atoms with Crippen LogP contribution in [0.4, 0.5) is 11.4 Å². The van der Waals surface area contributed by atoms with Gasteiger partial charge in [0.1, 0.15) is 12.1 Å². The number of nitrogens with one attached hydrogen (secondary N) is 1. The number of carbonyl (C=O) groups is 4. The van der Waals surface area contributed by atoms with Gasteiger partial charge in [-0.1, -0.05) is 12.1 Å². The third-order valence-corrected chi connectivity index (χ3v) is 5.55. The third kappa shape index (κ3) is 6.48. The maximum atomic E-state index is 13.4. The van der Waals surface area contributed by atoms with Crippen molar-refractivity contribution in [2.75, 3.05) is 37.5 Å². The average Bonchev–Trinajstić information content (AvgIpc) is 2.87. The Morgan fingerprint density at radius 2 is 1.89 bits per heavy atom. The fourth-order valence-corrected chi connectivity index (χ4v) is 3.70. The second-order valence-electron chi connectivity index (χ2n) is 8.42. The number of carbonyl (C=O) groups excluding carboxylic acids is 4. The summed E-state index contributed by atoms with van der Waals surface area (Å²) in [4.78, 5) is 53.3. The number of hydrogen-bond acceptors (Lipinski definition) is 8. The SMILES string of the molecule is CC(=O)O[C@@H](C(=O)Nc1ccc(C#N)c(C#N)c1)[C@H]1OCCN(c2cccc(CC(=O)N(C)C)c2)C1=O. The summed E-state index contributed by atoms with van der Waals surface area (Å²) in [5, 5.41) is 20.8. The van der Waals surface area contributed by atoms with Crippen molar-refractivity contribution >= 4 is 35.1 Å². The summed E-state index contributed by atoms with van der Waals surface area (Å²) >= 11 is 0. The Balaban J connectivity index is 1.84. The first-order valence-electron chi connectivity index (χ1n) is 11.3. The molecular formula is C26H25N5O6. The predicted molar refractivity (Wildman–Crippen MR) is 131 cm³/mol. The van der Waals surface area contributed by atoms with E-state index in [4.69, 9.17) is 14.7 Å². The number of esters is 1. The minimum atomic E-state index is -1.62. The molecule has 3 rings (SSSR count). The molecule has 1 aliphatic heterocycles. The molecule has 2 aromatic carbocycles. The van der Waals surface area contributed by atoms with E-state index in [2.05, 4.69) is 5.32 Å². The molecule has 0 bridgehead atoms. The van der Waals surface area contributed by atoms with Crippen molar-refractivity contribution in [1.29, 1.82) is 10.5 Å². The Morgan fingerprint density at radius 1 is 1.16 bits per heavy atom. The molecule has 37 heavy (non-hydrogen) atoms. The van der Waals surface area contributed by atoms with E-state index in [-0.39, 0.29) is 42.3 Å². The largest absolute Gasteiger partial charge is 0.449 e. The molecule has 1 heterocycles. The van der Waals surface area contributed by atoms with E-state index in [1.807, 2.05) is 12.1 Å². The van der Waals surface area contributed by atoms with Crippen LogP contribution in [0, 0.1) is 22.7 Å². The van der Waals surface area contributed by atoms with Crippen LogP contribution in [0.15, 0.2) is 42.5 Å². The number of hydrogen-bond donors (Lipinski definition) is 1. The highest BCUT2D eigenvalue weighted by Gasteiger charge is 2.42. The standard InChI is InChI=1S/C26H25N5O6/c1-16(32)37-23(25(34)29-20-8-7-18(14-27)19(13-20)15-28)24-26(35)31(9-10-36-24)21-6-4-5-17(11-21)12-22(33)30(2)3/h4-8,11,13,23-24H,9-10,12H2,1-3H3,(H,29,34)/t23-,24-/m1/s1. The second-order valence-corrected chi connectivity index (χ2v) is 8.42. The maximum Gasteiger partial charge on any atom is 0.303 e. The van der Waals surface area contributed by atoms with E-state index in [0.717, 1.165) is 6.92 Å². The maximum absolute atomic E-state index is 13.4. The van der Waals surface area contributed by atoms with E-state index in [1.54, 1.807) is 38.4 Å². The minimum absolute atomic E-state index is 0.0492. The number of nitrogens with zero attached hydrogens (tertiary/aromatic N) is 4. The molecule has 190 valence electrons. The van der Waals surface area contributed by atoms with Gasteiger partial charge in [0.05, 0.1) is 24.2 Å². The van der Waals surface area contributed by atoms with E-state index < -0.39 is 30.0 Å². The topological polar surface area (TPSA) is 153 Å². The molecule has 1 N–H and O–H groups in total. The summed E-state index contributed by atoms with van der Waals surface area (Å²) in [6.07, 6.45) is -2.90. The van der Waals surface area contributed by atoms with Gasteiger partial charge in [0, 0.05) is 38.9 Å². The number of ether oxygens (including phenoxy) is 2. The molecule has 1 aliphatic rings.